The third-order valence-electron chi connectivity index (χ3n) is 3.86. The number of azo groups is 1. The zero-order chi connectivity index (χ0) is 18.7. The second kappa shape index (κ2) is 10.8. The van der Waals surface area contributed by atoms with Crippen molar-refractivity contribution in [1.82, 2.24) is 0 Å². The van der Waals surface area contributed by atoms with Crippen molar-refractivity contribution in [2.75, 3.05) is 0 Å². The highest BCUT2D eigenvalue weighted by Crippen LogP contribution is 2.28. The van der Waals surface area contributed by atoms with E-state index in [0.29, 0.717) is 5.75 Å². The molecule has 7 heteroatoms. The van der Waals surface area contributed by atoms with Gasteiger partial charge in [-0.1, -0.05) is 68.0 Å². The monoisotopic (exact) mass is 364 g/mol. The van der Waals surface area contributed by atoms with Crippen LogP contribution in [0.4, 0.5) is 9.59 Å². The number of hydrogen-bond acceptors (Lipinski definition) is 4. The second-order valence-electron chi connectivity index (χ2n) is 6.18. The Morgan fingerprint density at radius 2 is 1.36 bits per heavy atom. The van der Waals surface area contributed by atoms with Gasteiger partial charge in [0.25, 0.3) is 8.32 Å². The molecule has 0 spiro atoms. The van der Waals surface area contributed by atoms with Gasteiger partial charge in [-0.15, -0.1) is 0 Å². The normalized spacial score (nSPS) is 11.5. The van der Waals surface area contributed by atoms with Gasteiger partial charge in [0.1, 0.15) is 5.75 Å². The Kier molecular flexibility index (Phi) is 9.05. The van der Waals surface area contributed by atoms with Crippen molar-refractivity contribution in [3.63, 3.8) is 0 Å². The molecule has 0 saturated carbocycles. The highest BCUT2D eigenvalue weighted by molar-refractivity contribution is 6.75. The Bertz CT molecular complexity index is 570. The first-order valence-electron chi connectivity index (χ1n) is 8.88. The number of rotatable bonds is 8. The fourth-order valence-corrected chi connectivity index (χ4v) is 7.11. The third-order valence-corrected chi connectivity index (χ3v) is 8.70. The molecular weight excluding hydrogens is 336 g/mol. The summed E-state index contributed by atoms with van der Waals surface area (Å²) in [6.45, 7) is 8.18. The van der Waals surface area contributed by atoms with Gasteiger partial charge in [-0.3, -0.25) is 0 Å². The summed E-state index contributed by atoms with van der Waals surface area (Å²) < 4.78 is 10.7. The molecule has 138 valence electrons. The largest absolute Gasteiger partial charge is 0.501 e. The molecule has 0 atom stereocenters. The predicted molar refractivity (Wildman–Crippen MR) is 99.6 cm³/mol. The van der Waals surface area contributed by atoms with Crippen LogP contribution in [-0.4, -0.2) is 20.5 Å². The van der Waals surface area contributed by atoms with E-state index in [2.05, 4.69) is 31.0 Å². The second-order valence-corrected chi connectivity index (χ2v) is 10.3. The molecule has 0 aliphatic rings. The van der Waals surface area contributed by atoms with Gasteiger partial charge >= 0.3 is 12.2 Å². The van der Waals surface area contributed by atoms with E-state index < -0.39 is 20.5 Å². The smallest absolute Gasteiger partial charge is 0.458 e. The van der Waals surface area contributed by atoms with E-state index >= 15 is 0 Å². The highest BCUT2D eigenvalue weighted by atomic mass is 28.4. The fourth-order valence-electron chi connectivity index (χ4n) is 2.91. The van der Waals surface area contributed by atoms with Crippen molar-refractivity contribution in [2.24, 2.45) is 10.2 Å². The maximum Gasteiger partial charge on any atom is 0.458 e. The predicted octanol–water partition coefficient (Wildman–Crippen LogP) is 6.26. The minimum absolute atomic E-state index is 0.356. The number of amides is 2. The molecule has 0 fully saturated rings. The van der Waals surface area contributed by atoms with E-state index in [0.717, 1.165) is 43.0 Å². The Morgan fingerprint density at radius 1 is 0.880 bits per heavy atom. The van der Waals surface area contributed by atoms with Crippen LogP contribution < -0.4 is 4.74 Å². The molecule has 6 nitrogen and oxygen atoms in total. The average molecular weight is 365 g/mol. The molecule has 0 heterocycles. The van der Waals surface area contributed by atoms with Crippen LogP contribution in [0.5, 0.6) is 5.75 Å². The average Bonchev–Trinajstić information content (AvgIpc) is 2.56. The number of carbonyl (C=O) groups is 2. The van der Waals surface area contributed by atoms with Crippen molar-refractivity contribution in [3.8, 4) is 5.75 Å². The molecule has 1 aromatic rings. The van der Waals surface area contributed by atoms with Gasteiger partial charge < -0.3 is 9.16 Å². The van der Waals surface area contributed by atoms with E-state index in [1.165, 1.54) is 0 Å². The number of carbonyl (C=O) groups excluding carboxylic acids is 2. The van der Waals surface area contributed by atoms with Gasteiger partial charge in [0.05, 0.1) is 0 Å². The Labute approximate surface area is 150 Å². The molecule has 0 N–H and O–H groups in total. The standard InChI is InChI=1S/C18H28N2O4Si/c1-5-12-25(13-6-2,14-7-3)24-18(22)20-19-17(21)23-16-10-8-15(4)9-11-16/h8-11H,5-7,12-14H2,1-4H3/b20-19+. The van der Waals surface area contributed by atoms with Crippen LogP contribution >= 0.6 is 0 Å². The minimum Gasteiger partial charge on any atom is -0.501 e. The van der Waals surface area contributed by atoms with E-state index in [1.807, 2.05) is 19.1 Å². The number of aryl methyl sites for hydroxylation is 1. The summed E-state index contributed by atoms with van der Waals surface area (Å²) in [6.07, 6.45) is 1.17. The Morgan fingerprint density at radius 3 is 1.84 bits per heavy atom. The van der Waals surface area contributed by atoms with Crippen LogP contribution in [0.1, 0.15) is 45.6 Å². The lowest BCUT2D eigenvalue weighted by Crippen LogP contribution is -2.39. The first kappa shape index (κ1) is 21.0. The zero-order valence-corrected chi connectivity index (χ0v) is 16.6. The highest BCUT2D eigenvalue weighted by Gasteiger charge is 2.36. The molecular formula is C18H28N2O4Si. The van der Waals surface area contributed by atoms with Crippen molar-refractivity contribution in [2.45, 2.75) is 65.1 Å². The first-order valence-corrected chi connectivity index (χ1v) is 11.4. The van der Waals surface area contributed by atoms with Gasteiger partial charge in [-0.2, -0.15) is 0 Å². The van der Waals surface area contributed by atoms with E-state index in [9.17, 15) is 9.59 Å². The summed E-state index contributed by atoms with van der Waals surface area (Å²) in [6, 6.07) is 9.66. The lowest BCUT2D eigenvalue weighted by atomic mass is 10.2. The fraction of sp³-hybridized carbons (Fsp3) is 0.556. The molecule has 1 rings (SSSR count). The van der Waals surface area contributed by atoms with E-state index in [1.54, 1.807) is 12.1 Å². The SMILES string of the molecule is CCC[Si](CCC)(CCC)OC(=O)/N=N/C(=O)Oc1ccc(C)cc1. The number of ether oxygens (including phenoxy) is 1. The van der Waals surface area contributed by atoms with Gasteiger partial charge in [-0.05, 0) is 37.2 Å². The minimum atomic E-state index is -2.17. The van der Waals surface area contributed by atoms with Crippen molar-refractivity contribution < 1.29 is 18.8 Å². The Hall–Kier alpha value is -2.02. The number of benzene rings is 1. The topological polar surface area (TPSA) is 77.3 Å². The summed E-state index contributed by atoms with van der Waals surface area (Å²) in [7, 11) is -2.17. The molecule has 0 aliphatic carbocycles. The molecule has 25 heavy (non-hydrogen) atoms. The maximum absolute atomic E-state index is 12.0. The van der Waals surface area contributed by atoms with Gasteiger partial charge in [0.2, 0.25) is 0 Å². The Balaban J connectivity index is 2.66. The van der Waals surface area contributed by atoms with Crippen molar-refractivity contribution >= 4 is 20.5 Å². The molecule has 2 amide bonds. The van der Waals surface area contributed by atoms with Crippen LogP contribution in [0.2, 0.25) is 18.1 Å². The van der Waals surface area contributed by atoms with E-state index in [-0.39, 0.29) is 0 Å². The molecule has 0 bridgehead atoms. The third kappa shape index (κ3) is 7.60. The number of hydrogen-bond donors (Lipinski definition) is 0. The maximum atomic E-state index is 12.0. The summed E-state index contributed by atoms with van der Waals surface area (Å²) in [5.74, 6) is 0.356. The molecule has 0 aliphatic heterocycles. The van der Waals surface area contributed by atoms with Crippen LogP contribution in [-0.2, 0) is 4.43 Å². The molecule has 0 radical (unpaired) electrons. The molecule has 0 aromatic heterocycles. The van der Waals surface area contributed by atoms with Crippen LogP contribution in [0.3, 0.4) is 0 Å². The van der Waals surface area contributed by atoms with Crippen LogP contribution in [0.15, 0.2) is 34.5 Å². The van der Waals surface area contributed by atoms with Crippen LogP contribution in [0, 0.1) is 6.92 Å². The molecule has 0 unspecified atom stereocenters. The van der Waals surface area contributed by atoms with Crippen LogP contribution in [0.25, 0.3) is 0 Å². The lowest BCUT2D eigenvalue weighted by molar-refractivity contribution is 0.198. The van der Waals surface area contributed by atoms with Crippen molar-refractivity contribution in [3.05, 3.63) is 29.8 Å². The first-order chi connectivity index (χ1) is 11.9. The summed E-state index contributed by atoms with van der Waals surface area (Å²) in [5, 5.41) is 6.71. The zero-order valence-electron chi connectivity index (χ0n) is 15.6. The molecule has 0 saturated heterocycles. The lowest BCUT2D eigenvalue weighted by Gasteiger charge is -2.29. The van der Waals surface area contributed by atoms with Gasteiger partial charge in [-0.25, -0.2) is 9.59 Å². The number of nitrogens with zero attached hydrogens (tertiary/aromatic N) is 2. The molecule has 1 aromatic carbocycles. The summed E-state index contributed by atoms with van der Waals surface area (Å²) in [4.78, 5) is 23.7. The quantitative estimate of drug-likeness (QED) is 0.403. The summed E-state index contributed by atoms with van der Waals surface area (Å²) >= 11 is 0. The van der Waals surface area contributed by atoms with Gasteiger partial charge in [0, 0.05) is 0 Å². The van der Waals surface area contributed by atoms with E-state index in [4.69, 9.17) is 9.16 Å². The van der Waals surface area contributed by atoms with Crippen molar-refractivity contribution in [1.29, 1.82) is 0 Å². The summed E-state index contributed by atoms with van der Waals surface area (Å²) in [5.41, 5.74) is 1.05. The van der Waals surface area contributed by atoms with Gasteiger partial charge in [0.15, 0.2) is 0 Å².